The van der Waals surface area contributed by atoms with Crippen molar-refractivity contribution in [1.29, 1.82) is 0 Å². The maximum atomic E-state index is 13.4. The Bertz CT molecular complexity index is 1220. The number of ether oxygens (including phenoxy) is 1. The molecule has 0 spiro atoms. The molecule has 1 aromatic heterocycles. The van der Waals surface area contributed by atoms with Crippen LogP contribution in [0.15, 0.2) is 70.9 Å². The predicted octanol–water partition coefficient (Wildman–Crippen LogP) is 5.86. The average molecular weight is 543 g/mol. The van der Waals surface area contributed by atoms with Gasteiger partial charge in [-0.1, -0.05) is 12.1 Å². The maximum absolute atomic E-state index is 13.4. The van der Waals surface area contributed by atoms with Crippen LogP contribution in [0.1, 0.15) is 35.8 Å². The summed E-state index contributed by atoms with van der Waals surface area (Å²) in [7, 11) is -3.80. The standard InChI is InChI=1S/C25H26F4N2O3S2/c26-19-3-1-4-22(17-19)36(32,33)30-20-10-13-31(14-11-20)15-12-23(24-5-2-16-35-24)34-21-8-6-18(7-9-21)25(27,28)29/h1-9,16-17,20,23,30H,10-15H2. The summed E-state index contributed by atoms with van der Waals surface area (Å²) >= 11 is 1.52. The fraction of sp³-hybridized carbons (Fsp3) is 0.360. The summed E-state index contributed by atoms with van der Waals surface area (Å²) in [5, 5.41) is 1.93. The third-order valence-electron chi connectivity index (χ3n) is 6.04. The third-order valence-corrected chi connectivity index (χ3v) is 8.53. The molecule has 4 rings (SSSR count). The van der Waals surface area contributed by atoms with Gasteiger partial charge < -0.3 is 9.64 Å². The van der Waals surface area contributed by atoms with Crippen molar-refractivity contribution in [3.8, 4) is 5.75 Å². The Labute approximate surface area is 211 Å². The summed E-state index contributed by atoms with van der Waals surface area (Å²) < 4.78 is 85.8. The van der Waals surface area contributed by atoms with Gasteiger partial charge in [0.25, 0.3) is 0 Å². The van der Waals surface area contributed by atoms with Crippen molar-refractivity contribution in [2.75, 3.05) is 19.6 Å². The first kappa shape index (κ1) is 26.6. The van der Waals surface area contributed by atoms with Gasteiger partial charge in [-0.15, -0.1) is 11.3 Å². The number of likely N-dealkylation sites (tertiary alicyclic amines) is 1. The van der Waals surface area contributed by atoms with Gasteiger partial charge in [-0.3, -0.25) is 0 Å². The Morgan fingerprint density at radius 3 is 2.39 bits per heavy atom. The first-order valence-corrected chi connectivity index (χ1v) is 13.8. The Morgan fingerprint density at radius 2 is 1.78 bits per heavy atom. The Hall–Kier alpha value is -2.47. The zero-order valence-corrected chi connectivity index (χ0v) is 20.9. The molecule has 3 aromatic rings. The molecule has 0 bridgehead atoms. The highest BCUT2D eigenvalue weighted by Gasteiger charge is 2.30. The highest BCUT2D eigenvalue weighted by Crippen LogP contribution is 2.33. The molecule has 0 saturated carbocycles. The van der Waals surface area contributed by atoms with Crippen molar-refractivity contribution < 1.29 is 30.7 Å². The largest absolute Gasteiger partial charge is 0.485 e. The van der Waals surface area contributed by atoms with Gasteiger partial charge in [-0.2, -0.15) is 13.2 Å². The van der Waals surface area contributed by atoms with E-state index in [1.807, 2.05) is 17.5 Å². The van der Waals surface area contributed by atoms with Crippen molar-refractivity contribution in [1.82, 2.24) is 9.62 Å². The Balaban J connectivity index is 1.31. The lowest BCUT2D eigenvalue weighted by atomic mass is 10.1. The normalized spacial score (nSPS) is 16.7. The van der Waals surface area contributed by atoms with Gasteiger partial charge >= 0.3 is 6.18 Å². The minimum absolute atomic E-state index is 0.0934. The molecule has 0 aliphatic carbocycles. The number of nitrogens with one attached hydrogen (secondary N) is 1. The van der Waals surface area contributed by atoms with Crippen LogP contribution in [-0.2, 0) is 16.2 Å². The number of piperidine rings is 1. The van der Waals surface area contributed by atoms with Crippen molar-refractivity contribution in [2.24, 2.45) is 0 Å². The molecule has 2 aromatic carbocycles. The molecule has 36 heavy (non-hydrogen) atoms. The number of benzene rings is 2. The molecular weight excluding hydrogens is 516 g/mol. The van der Waals surface area contributed by atoms with E-state index in [-0.39, 0.29) is 17.0 Å². The van der Waals surface area contributed by atoms with E-state index in [1.54, 1.807) is 0 Å². The summed E-state index contributed by atoms with van der Waals surface area (Å²) in [6, 6.07) is 13.2. The van der Waals surface area contributed by atoms with Crippen LogP contribution < -0.4 is 9.46 Å². The summed E-state index contributed by atoms with van der Waals surface area (Å²) in [6.07, 6.45) is -2.87. The molecule has 0 amide bonds. The monoisotopic (exact) mass is 542 g/mol. The molecular formula is C25H26F4N2O3S2. The number of halogens is 4. The molecule has 2 heterocycles. The van der Waals surface area contributed by atoms with Crippen LogP contribution in [0.2, 0.25) is 0 Å². The second-order valence-corrected chi connectivity index (χ2v) is 11.3. The van der Waals surface area contributed by atoms with Crippen LogP contribution in [0, 0.1) is 5.82 Å². The van der Waals surface area contributed by atoms with Gasteiger partial charge in [0, 0.05) is 23.9 Å². The van der Waals surface area contributed by atoms with E-state index in [0.29, 0.717) is 44.6 Å². The quantitative estimate of drug-likeness (QED) is 0.344. The van der Waals surface area contributed by atoms with Crippen molar-refractivity contribution >= 4 is 21.4 Å². The molecule has 1 N–H and O–H groups in total. The van der Waals surface area contributed by atoms with E-state index >= 15 is 0 Å². The van der Waals surface area contributed by atoms with Crippen LogP contribution in [0.4, 0.5) is 17.6 Å². The van der Waals surface area contributed by atoms with E-state index in [0.717, 1.165) is 23.1 Å². The lowest BCUT2D eigenvalue weighted by Gasteiger charge is -2.33. The van der Waals surface area contributed by atoms with E-state index in [9.17, 15) is 26.0 Å². The van der Waals surface area contributed by atoms with E-state index in [1.165, 1.54) is 41.7 Å². The lowest BCUT2D eigenvalue weighted by Crippen LogP contribution is -2.45. The highest BCUT2D eigenvalue weighted by atomic mass is 32.2. The molecule has 5 nitrogen and oxygen atoms in total. The number of thiophene rings is 1. The molecule has 1 atom stereocenters. The van der Waals surface area contributed by atoms with Gasteiger partial charge in [0.2, 0.25) is 10.0 Å². The number of alkyl halides is 3. The van der Waals surface area contributed by atoms with Crippen LogP contribution in [-0.4, -0.2) is 39.0 Å². The fourth-order valence-corrected chi connectivity index (χ4v) is 6.24. The van der Waals surface area contributed by atoms with Crippen molar-refractivity contribution in [3.63, 3.8) is 0 Å². The summed E-state index contributed by atoms with van der Waals surface area (Å²) in [5.41, 5.74) is -0.724. The lowest BCUT2D eigenvalue weighted by molar-refractivity contribution is -0.137. The van der Waals surface area contributed by atoms with E-state index in [2.05, 4.69) is 9.62 Å². The number of nitrogens with zero attached hydrogens (tertiary/aromatic N) is 1. The minimum atomic E-state index is -4.40. The smallest absolute Gasteiger partial charge is 0.416 e. The van der Waals surface area contributed by atoms with Crippen LogP contribution in [0.25, 0.3) is 0 Å². The summed E-state index contributed by atoms with van der Waals surface area (Å²) in [4.78, 5) is 3.10. The highest BCUT2D eigenvalue weighted by molar-refractivity contribution is 7.89. The molecule has 1 aliphatic heterocycles. The van der Waals surface area contributed by atoms with E-state index < -0.39 is 27.6 Å². The van der Waals surface area contributed by atoms with Crippen LogP contribution in [0.3, 0.4) is 0 Å². The Morgan fingerprint density at radius 1 is 1.06 bits per heavy atom. The van der Waals surface area contributed by atoms with Gasteiger partial charge in [0.1, 0.15) is 17.7 Å². The van der Waals surface area contributed by atoms with Crippen LogP contribution >= 0.6 is 11.3 Å². The molecule has 194 valence electrons. The maximum Gasteiger partial charge on any atom is 0.416 e. The fourth-order valence-electron chi connectivity index (χ4n) is 4.12. The van der Waals surface area contributed by atoms with Crippen molar-refractivity contribution in [3.05, 3.63) is 82.3 Å². The predicted molar refractivity (Wildman–Crippen MR) is 130 cm³/mol. The van der Waals surface area contributed by atoms with E-state index in [4.69, 9.17) is 4.74 Å². The first-order chi connectivity index (χ1) is 17.1. The Kier molecular flexibility index (Phi) is 8.34. The van der Waals surface area contributed by atoms with Crippen LogP contribution in [0.5, 0.6) is 5.75 Å². The number of sulfonamides is 1. The molecule has 1 unspecified atom stereocenters. The van der Waals surface area contributed by atoms with Gasteiger partial charge in [-0.25, -0.2) is 17.5 Å². The SMILES string of the molecule is O=S(=O)(NC1CCN(CCC(Oc2ccc(C(F)(F)F)cc2)c2cccs2)CC1)c1cccc(F)c1. The molecule has 1 fully saturated rings. The second kappa shape index (κ2) is 11.3. The molecule has 1 aliphatic rings. The molecule has 1 saturated heterocycles. The minimum Gasteiger partial charge on any atom is -0.485 e. The number of hydrogen-bond donors (Lipinski definition) is 1. The molecule has 0 radical (unpaired) electrons. The zero-order valence-electron chi connectivity index (χ0n) is 19.2. The summed E-state index contributed by atoms with van der Waals surface area (Å²) in [5.74, 6) is -0.238. The first-order valence-electron chi connectivity index (χ1n) is 11.5. The second-order valence-electron chi connectivity index (χ2n) is 8.63. The summed E-state index contributed by atoms with van der Waals surface area (Å²) in [6.45, 7) is 2.04. The average Bonchev–Trinajstić information content (AvgIpc) is 3.37. The molecule has 11 heteroatoms. The van der Waals surface area contributed by atoms with Gasteiger partial charge in [0.15, 0.2) is 0 Å². The van der Waals surface area contributed by atoms with Crippen molar-refractivity contribution in [2.45, 2.75) is 42.5 Å². The zero-order chi connectivity index (χ0) is 25.8. The topological polar surface area (TPSA) is 58.6 Å². The van der Waals surface area contributed by atoms with Gasteiger partial charge in [-0.05, 0) is 79.8 Å². The number of hydrogen-bond acceptors (Lipinski definition) is 5. The van der Waals surface area contributed by atoms with Gasteiger partial charge in [0.05, 0.1) is 10.5 Å². The number of rotatable bonds is 9. The third kappa shape index (κ3) is 7.06.